The number of aliphatic hydroxyl groups is 1. The lowest BCUT2D eigenvalue weighted by Crippen LogP contribution is -1.97. The monoisotopic (exact) mass is 164 g/mol. The highest BCUT2D eigenvalue weighted by Crippen LogP contribution is 2.06. The standard InChI is InChI=1S/C5H9O4P/c6-4-10(9)3-1-2-5(7)8/h3,6H,1-2,4H2,(H,7,8). The number of carboxylic acid groups (broad SMARTS) is 1. The maximum absolute atomic E-state index is 10.4. The fourth-order valence-corrected chi connectivity index (χ4v) is 0.922. The summed E-state index contributed by atoms with van der Waals surface area (Å²) in [6.45, 7) is 0. The van der Waals surface area contributed by atoms with Crippen LogP contribution < -0.4 is 4.89 Å². The van der Waals surface area contributed by atoms with Crippen molar-refractivity contribution in [1.82, 2.24) is 0 Å². The first-order valence-electron chi connectivity index (χ1n) is 2.76. The van der Waals surface area contributed by atoms with Crippen molar-refractivity contribution in [1.29, 1.82) is 0 Å². The van der Waals surface area contributed by atoms with Crippen LogP contribution in [-0.2, 0) is 4.79 Å². The summed E-state index contributed by atoms with van der Waals surface area (Å²) in [7, 11) is -1.69. The van der Waals surface area contributed by atoms with Crippen LogP contribution in [0.2, 0.25) is 0 Å². The Balaban J connectivity index is 3.43. The zero-order valence-corrected chi connectivity index (χ0v) is 6.25. The van der Waals surface area contributed by atoms with Gasteiger partial charge >= 0.3 is 5.97 Å². The van der Waals surface area contributed by atoms with Gasteiger partial charge in [0.25, 0.3) is 0 Å². The minimum absolute atomic E-state index is 0.0267. The third-order valence-electron chi connectivity index (χ3n) is 0.830. The number of aliphatic hydroxyl groups excluding tert-OH is 1. The molecule has 0 rings (SSSR count). The third kappa shape index (κ3) is 5.69. The lowest BCUT2D eigenvalue weighted by atomic mass is 10.3. The van der Waals surface area contributed by atoms with Crippen molar-refractivity contribution in [3.8, 4) is 0 Å². The molecule has 1 unspecified atom stereocenters. The average molecular weight is 164 g/mol. The molecule has 0 saturated heterocycles. The van der Waals surface area contributed by atoms with Crippen LogP contribution in [0.4, 0.5) is 0 Å². The zero-order chi connectivity index (χ0) is 7.98. The molecular formula is C5H9O4P. The zero-order valence-electron chi connectivity index (χ0n) is 5.36. The van der Waals surface area contributed by atoms with E-state index in [4.69, 9.17) is 10.2 Å². The lowest BCUT2D eigenvalue weighted by molar-refractivity contribution is -0.155. The predicted molar refractivity (Wildman–Crippen MR) is 36.9 cm³/mol. The van der Waals surface area contributed by atoms with Crippen LogP contribution in [0.15, 0.2) is 0 Å². The van der Waals surface area contributed by atoms with Gasteiger partial charge in [0, 0.05) is 6.42 Å². The van der Waals surface area contributed by atoms with Gasteiger partial charge in [-0.15, -0.1) is 0 Å². The van der Waals surface area contributed by atoms with E-state index in [9.17, 15) is 9.69 Å². The summed E-state index contributed by atoms with van der Waals surface area (Å²) in [5.74, 6) is 0.404. The van der Waals surface area contributed by atoms with E-state index in [0.717, 1.165) is 0 Å². The fraction of sp³-hybridized carbons (Fsp3) is 0.600. The maximum Gasteiger partial charge on any atom is 0.303 e. The summed E-state index contributed by atoms with van der Waals surface area (Å²) in [6.07, 6.45) is -0.166. The first-order chi connectivity index (χ1) is 4.66. The molecule has 0 saturated carbocycles. The highest BCUT2D eigenvalue weighted by molar-refractivity contribution is 7.49. The first-order valence-corrected chi connectivity index (χ1v) is 4.28. The Kier molecular flexibility index (Phi) is 5.12. The van der Waals surface area contributed by atoms with Gasteiger partial charge in [0.2, 0.25) is 0 Å². The van der Waals surface area contributed by atoms with Crippen molar-refractivity contribution in [3.05, 3.63) is 0 Å². The van der Waals surface area contributed by atoms with Crippen LogP contribution in [0, 0.1) is 0 Å². The first kappa shape index (κ1) is 9.56. The summed E-state index contributed by atoms with van der Waals surface area (Å²) >= 11 is 0. The van der Waals surface area contributed by atoms with Gasteiger partial charge in [-0.3, -0.25) is 4.79 Å². The van der Waals surface area contributed by atoms with Gasteiger partial charge in [-0.1, -0.05) is 0 Å². The minimum atomic E-state index is -1.69. The molecule has 0 aromatic heterocycles. The summed E-state index contributed by atoms with van der Waals surface area (Å²) in [5.41, 5.74) is 0. The van der Waals surface area contributed by atoms with Gasteiger partial charge in [-0.25, -0.2) is 0 Å². The molecule has 0 fully saturated rings. The fourth-order valence-electron chi connectivity index (χ4n) is 0.390. The molecule has 0 amide bonds. The van der Waals surface area contributed by atoms with Crippen LogP contribution >= 0.6 is 7.77 Å². The molecule has 0 bridgehead atoms. The number of rotatable bonds is 4. The Hall–Kier alpha value is -0.440. The molecule has 0 aliphatic rings. The van der Waals surface area contributed by atoms with Crippen molar-refractivity contribution < 1.29 is 19.9 Å². The molecule has 4 nitrogen and oxygen atoms in total. The topological polar surface area (TPSA) is 80.6 Å². The molecule has 5 heteroatoms. The maximum atomic E-state index is 10.4. The van der Waals surface area contributed by atoms with Crippen molar-refractivity contribution in [2.24, 2.45) is 0 Å². The van der Waals surface area contributed by atoms with E-state index >= 15 is 0 Å². The van der Waals surface area contributed by atoms with Gasteiger partial charge in [0.15, 0.2) is 6.35 Å². The molecule has 1 atom stereocenters. The summed E-state index contributed by atoms with van der Waals surface area (Å²) in [6, 6.07) is 0. The van der Waals surface area contributed by atoms with Crippen LogP contribution in [0.3, 0.4) is 0 Å². The number of hydrogen-bond donors (Lipinski definition) is 2. The second kappa shape index (κ2) is 5.35. The Bertz CT molecular complexity index is 143. The van der Waals surface area contributed by atoms with E-state index in [1.54, 1.807) is 0 Å². The second-order valence-electron chi connectivity index (χ2n) is 1.67. The molecule has 0 radical (unpaired) electrons. The Morgan fingerprint density at radius 2 is 2.30 bits per heavy atom. The number of carbonyl (C=O) groups is 1. The van der Waals surface area contributed by atoms with Gasteiger partial charge in [-0.05, 0) is 0 Å². The molecule has 0 aliphatic carbocycles. The third-order valence-corrected chi connectivity index (χ3v) is 1.77. The second-order valence-corrected chi connectivity index (χ2v) is 3.16. The molecule has 2 N–H and O–H groups in total. The number of hydrogen-bond acceptors (Lipinski definition) is 3. The van der Waals surface area contributed by atoms with Gasteiger partial charge in [0.05, 0.1) is 20.0 Å². The van der Waals surface area contributed by atoms with E-state index < -0.39 is 20.1 Å². The molecule has 58 valence electrons. The van der Waals surface area contributed by atoms with E-state index in [1.165, 1.54) is 5.80 Å². The van der Waals surface area contributed by atoms with Gasteiger partial charge < -0.3 is 15.1 Å². The van der Waals surface area contributed by atoms with Crippen molar-refractivity contribution in [2.75, 3.05) is 6.35 Å². The molecular weight excluding hydrogens is 155 g/mol. The van der Waals surface area contributed by atoms with E-state index in [2.05, 4.69) is 0 Å². The van der Waals surface area contributed by atoms with Gasteiger partial charge in [-0.2, -0.15) is 0 Å². The molecule has 0 spiro atoms. The minimum Gasteiger partial charge on any atom is -0.629 e. The SMILES string of the molecule is O=C(O)CCC=[P+]([O-])CO. The van der Waals surface area contributed by atoms with Crippen molar-refractivity contribution in [3.63, 3.8) is 0 Å². The molecule has 0 aromatic carbocycles. The van der Waals surface area contributed by atoms with Crippen LogP contribution in [0.1, 0.15) is 12.8 Å². The lowest BCUT2D eigenvalue weighted by Gasteiger charge is -1.90. The van der Waals surface area contributed by atoms with Crippen LogP contribution in [0.25, 0.3) is 0 Å². The Morgan fingerprint density at radius 3 is 2.70 bits per heavy atom. The normalized spacial score (nSPS) is 11.6. The highest BCUT2D eigenvalue weighted by Gasteiger charge is 1.96. The molecule has 10 heavy (non-hydrogen) atoms. The molecule has 0 aliphatic heterocycles. The number of aliphatic carboxylic acids is 1. The van der Waals surface area contributed by atoms with E-state index in [-0.39, 0.29) is 12.8 Å². The number of carboxylic acids is 1. The van der Waals surface area contributed by atoms with Crippen molar-refractivity contribution in [2.45, 2.75) is 12.8 Å². The summed E-state index contributed by atoms with van der Waals surface area (Å²) < 4.78 is 0. The van der Waals surface area contributed by atoms with Gasteiger partial charge in [0.1, 0.15) is 0 Å². The average Bonchev–Trinajstić information content (AvgIpc) is 1.87. The van der Waals surface area contributed by atoms with Crippen molar-refractivity contribution >= 4 is 19.5 Å². The molecule has 0 aromatic rings. The quantitative estimate of drug-likeness (QED) is 0.541. The smallest absolute Gasteiger partial charge is 0.303 e. The Morgan fingerprint density at radius 1 is 1.70 bits per heavy atom. The van der Waals surface area contributed by atoms with E-state index in [1.807, 2.05) is 0 Å². The highest BCUT2D eigenvalue weighted by atomic mass is 31.1. The predicted octanol–water partition coefficient (Wildman–Crippen LogP) is -0.640. The molecule has 0 heterocycles. The van der Waals surface area contributed by atoms with E-state index in [0.29, 0.717) is 0 Å². The van der Waals surface area contributed by atoms with Crippen LogP contribution in [0.5, 0.6) is 0 Å². The largest absolute Gasteiger partial charge is 0.629 e. The van der Waals surface area contributed by atoms with Crippen LogP contribution in [-0.4, -0.2) is 28.3 Å². The summed E-state index contributed by atoms with van der Waals surface area (Å²) in [4.78, 5) is 20.3. The Labute approximate surface area is 59.6 Å². The summed E-state index contributed by atoms with van der Waals surface area (Å²) in [5, 5.41) is 16.4.